The number of benzene rings is 2. The van der Waals surface area contributed by atoms with E-state index in [9.17, 15) is 22.8 Å². The Hall–Kier alpha value is -2.48. The van der Waals surface area contributed by atoms with E-state index in [1.165, 1.54) is 6.07 Å². The van der Waals surface area contributed by atoms with Crippen molar-refractivity contribution in [3.8, 4) is 0 Å². The lowest BCUT2D eigenvalue weighted by molar-refractivity contribution is -0.137. The maximum atomic E-state index is 12.8. The van der Waals surface area contributed by atoms with Gasteiger partial charge in [-0.3, -0.25) is 9.59 Å². The summed E-state index contributed by atoms with van der Waals surface area (Å²) in [5.74, 6) is -0.753. The molecule has 1 atom stereocenters. The lowest BCUT2D eigenvalue weighted by atomic mass is 9.84. The van der Waals surface area contributed by atoms with Gasteiger partial charge in [-0.1, -0.05) is 44.2 Å². The van der Waals surface area contributed by atoms with Gasteiger partial charge in [-0.15, -0.1) is 11.8 Å². The molecule has 1 unspecified atom stereocenters. The lowest BCUT2D eigenvalue weighted by Gasteiger charge is -2.27. The Balaban J connectivity index is 1.61. The highest BCUT2D eigenvalue weighted by Crippen LogP contribution is 2.40. The number of rotatable bonds is 5. The summed E-state index contributed by atoms with van der Waals surface area (Å²) in [7, 11) is 0. The molecular formula is C21H21F3N2O2S. The fourth-order valence-electron chi connectivity index (χ4n) is 3.01. The van der Waals surface area contributed by atoms with Crippen LogP contribution in [0.4, 0.5) is 18.9 Å². The molecule has 2 aromatic rings. The average molecular weight is 422 g/mol. The van der Waals surface area contributed by atoms with Crippen LogP contribution in [0, 0.1) is 0 Å². The van der Waals surface area contributed by atoms with Crippen LogP contribution in [0.5, 0.6) is 0 Å². The fraction of sp³-hybridized carbons (Fsp3) is 0.333. The first kappa shape index (κ1) is 21.2. The third kappa shape index (κ3) is 5.12. The molecule has 0 radical (unpaired) electrons. The van der Waals surface area contributed by atoms with E-state index in [1.54, 1.807) is 0 Å². The van der Waals surface area contributed by atoms with Crippen molar-refractivity contribution in [2.45, 2.75) is 42.0 Å². The Labute approximate surface area is 171 Å². The molecular weight excluding hydrogens is 401 g/mol. The maximum Gasteiger partial charge on any atom is 0.416 e. The van der Waals surface area contributed by atoms with E-state index in [0.717, 1.165) is 29.5 Å². The largest absolute Gasteiger partial charge is 0.416 e. The molecule has 3 rings (SSSR count). The number of carbonyl (C=O) groups is 2. The third-order valence-corrected chi connectivity index (χ3v) is 6.06. The van der Waals surface area contributed by atoms with Crippen LogP contribution >= 0.6 is 11.8 Å². The maximum absolute atomic E-state index is 12.8. The first-order chi connectivity index (χ1) is 13.6. The van der Waals surface area contributed by atoms with E-state index in [1.807, 2.05) is 44.2 Å². The van der Waals surface area contributed by atoms with Gasteiger partial charge in [0, 0.05) is 23.3 Å². The van der Waals surface area contributed by atoms with Crippen molar-refractivity contribution in [2.24, 2.45) is 0 Å². The average Bonchev–Trinajstić information content (AvgIpc) is 2.66. The molecule has 1 aliphatic heterocycles. The molecule has 0 fully saturated rings. The van der Waals surface area contributed by atoms with E-state index in [-0.39, 0.29) is 23.4 Å². The predicted molar refractivity (Wildman–Crippen MR) is 107 cm³/mol. The smallest absolute Gasteiger partial charge is 0.355 e. The molecule has 4 nitrogen and oxygen atoms in total. The van der Waals surface area contributed by atoms with Gasteiger partial charge in [-0.05, 0) is 23.8 Å². The van der Waals surface area contributed by atoms with Gasteiger partial charge in [0.15, 0.2) is 0 Å². The minimum absolute atomic E-state index is 0.0537. The van der Waals surface area contributed by atoms with Crippen LogP contribution in [0.3, 0.4) is 0 Å². The highest BCUT2D eigenvalue weighted by atomic mass is 32.2. The monoisotopic (exact) mass is 422 g/mol. The number of halogens is 3. The van der Waals surface area contributed by atoms with Crippen molar-refractivity contribution in [1.82, 2.24) is 5.32 Å². The molecule has 0 aliphatic carbocycles. The van der Waals surface area contributed by atoms with Crippen LogP contribution in [0.15, 0.2) is 53.4 Å². The highest BCUT2D eigenvalue weighted by molar-refractivity contribution is 8.01. The van der Waals surface area contributed by atoms with Crippen LogP contribution in [0.25, 0.3) is 0 Å². The number of carbonyl (C=O) groups excluding carboxylic acids is 2. The van der Waals surface area contributed by atoms with E-state index in [0.29, 0.717) is 11.4 Å². The number of fused-ring (bicyclic) bond motifs is 1. The van der Waals surface area contributed by atoms with Crippen molar-refractivity contribution in [3.05, 3.63) is 59.7 Å². The zero-order valence-corrected chi connectivity index (χ0v) is 16.8. The predicted octanol–water partition coefficient (Wildman–Crippen LogP) is 4.60. The van der Waals surface area contributed by atoms with Gasteiger partial charge in [-0.25, -0.2) is 0 Å². The number of hydrogen-bond acceptors (Lipinski definition) is 3. The molecule has 0 bridgehead atoms. The normalized spacial score (nSPS) is 16.7. The molecule has 1 aliphatic rings. The highest BCUT2D eigenvalue weighted by Gasteiger charge is 2.34. The van der Waals surface area contributed by atoms with Crippen molar-refractivity contribution < 1.29 is 22.8 Å². The molecule has 0 saturated heterocycles. The molecule has 154 valence electrons. The number of thioether (sulfide) groups is 1. The summed E-state index contributed by atoms with van der Waals surface area (Å²) in [4.78, 5) is 25.2. The Morgan fingerprint density at radius 1 is 1.10 bits per heavy atom. The molecule has 2 aromatic carbocycles. The Morgan fingerprint density at radius 2 is 1.79 bits per heavy atom. The number of alkyl halides is 3. The Morgan fingerprint density at radius 3 is 2.45 bits per heavy atom. The summed E-state index contributed by atoms with van der Waals surface area (Å²) >= 11 is 1.10. The van der Waals surface area contributed by atoms with Crippen LogP contribution < -0.4 is 10.6 Å². The number of anilines is 1. The van der Waals surface area contributed by atoms with Crippen LogP contribution in [0.1, 0.15) is 31.4 Å². The lowest BCUT2D eigenvalue weighted by Crippen LogP contribution is -2.40. The van der Waals surface area contributed by atoms with Gasteiger partial charge < -0.3 is 10.6 Å². The summed E-state index contributed by atoms with van der Waals surface area (Å²) in [6.07, 6.45) is -4.53. The number of hydrogen-bond donors (Lipinski definition) is 2. The molecule has 2 N–H and O–H groups in total. The summed E-state index contributed by atoms with van der Waals surface area (Å²) in [6.45, 7) is 4.43. The molecule has 0 spiro atoms. The van der Waals surface area contributed by atoms with Gasteiger partial charge in [0.1, 0.15) is 0 Å². The molecule has 29 heavy (non-hydrogen) atoms. The van der Waals surface area contributed by atoms with Crippen molar-refractivity contribution in [1.29, 1.82) is 0 Å². The van der Waals surface area contributed by atoms with Gasteiger partial charge in [-0.2, -0.15) is 13.2 Å². The van der Waals surface area contributed by atoms with Crippen molar-refractivity contribution >= 4 is 29.3 Å². The second-order valence-electron chi connectivity index (χ2n) is 7.54. The van der Waals surface area contributed by atoms with E-state index in [4.69, 9.17) is 0 Å². The van der Waals surface area contributed by atoms with E-state index < -0.39 is 22.9 Å². The number of nitrogens with one attached hydrogen (secondary N) is 2. The summed E-state index contributed by atoms with van der Waals surface area (Å²) in [5.41, 5.74) is 0.104. The molecule has 1 heterocycles. The van der Waals surface area contributed by atoms with Crippen molar-refractivity contribution in [3.63, 3.8) is 0 Å². The summed E-state index contributed by atoms with van der Waals surface area (Å²) in [6, 6.07) is 13.0. The zero-order chi connectivity index (χ0) is 21.2. The number of amides is 2. The third-order valence-electron chi connectivity index (χ3n) is 4.78. The Kier molecular flexibility index (Phi) is 5.93. The van der Waals surface area contributed by atoms with Gasteiger partial charge in [0.05, 0.1) is 16.5 Å². The van der Waals surface area contributed by atoms with Crippen molar-refractivity contribution in [2.75, 3.05) is 11.9 Å². The first-order valence-corrected chi connectivity index (χ1v) is 9.95. The minimum Gasteiger partial charge on any atom is -0.355 e. The quantitative estimate of drug-likeness (QED) is 0.740. The minimum atomic E-state index is -4.48. The van der Waals surface area contributed by atoms with E-state index in [2.05, 4.69) is 10.6 Å². The second-order valence-corrected chi connectivity index (χ2v) is 8.78. The van der Waals surface area contributed by atoms with E-state index >= 15 is 0 Å². The summed E-state index contributed by atoms with van der Waals surface area (Å²) in [5, 5.41) is 4.65. The second kappa shape index (κ2) is 8.10. The van der Waals surface area contributed by atoms with Gasteiger partial charge >= 0.3 is 6.18 Å². The standard InChI is InChI=1S/C21H21F3N2O2S/c1-20(2,13-6-4-3-5-7-13)12-25-18(27)11-17-19(28)26-15-10-14(21(22,23)24)8-9-16(15)29-17/h3-10,17H,11-12H2,1-2H3,(H,25,27)(H,26,28). The van der Waals surface area contributed by atoms with Gasteiger partial charge in [0.25, 0.3) is 0 Å². The topological polar surface area (TPSA) is 58.2 Å². The zero-order valence-electron chi connectivity index (χ0n) is 16.0. The summed E-state index contributed by atoms with van der Waals surface area (Å²) < 4.78 is 38.5. The molecule has 8 heteroatoms. The molecule has 0 aromatic heterocycles. The van der Waals surface area contributed by atoms with Crippen LogP contribution in [0.2, 0.25) is 0 Å². The SMILES string of the molecule is CC(C)(CNC(=O)CC1Sc2ccc(C(F)(F)F)cc2NC1=O)c1ccccc1. The molecule has 2 amide bonds. The van der Waals surface area contributed by atoms with Crippen LogP contribution in [-0.2, 0) is 21.2 Å². The fourth-order valence-corrected chi connectivity index (χ4v) is 4.10. The van der Waals surface area contributed by atoms with Crippen LogP contribution in [-0.4, -0.2) is 23.6 Å². The first-order valence-electron chi connectivity index (χ1n) is 9.07. The molecule has 0 saturated carbocycles. The Bertz CT molecular complexity index is 914. The van der Waals surface area contributed by atoms with Gasteiger partial charge in [0.2, 0.25) is 11.8 Å².